The standard InChI is InChI=1S/C20H35FN2O4Si/c1-19(2,3)26-18(25)23-13-16(27-28(7,8)20(4,5)6)10-17(24)14-9-15(21)12-22-11-14/h9,11-12,16-17,24H,10,13H2,1-8H3,(H,23,25). The van der Waals surface area contributed by atoms with Crippen LogP contribution in [0.15, 0.2) is 18.5 Å². The quantitative estimate of drug-likeness (QED) is 0.639. The first-order valence-electron chi connectivity index (χ1n) is 9.54. The summed E-state index contributed by atoms with van der Waals surface area (Å²) < 4.78 is 25.1. The Balaban J connectivity index is 2.89. The van der Waals surface area contributed by atoms with Gasteiger partial charge in [0.25, 0.3) is 0 Å². The lowest BCUT2D eigenvalue weighted by Crippen LogP contribution is -2.47. The van der Waals surface area contributed by atoms with Crippen LogP contribution in [0.5, 0.6) is 0 Å². The van der Waals surface area contributed by atoms with E-state index in [0.717, 1.165) is 6.20 Å². The number of aromatic nitrogens is 1. The third kappa shape index (κ3) is 8.24. The van der Waals surface area contributed by atoms with E-state index in [0.29, 0.717) is 5.56 Å². The second kappa shape index (κ2) is 9.32. The van der Waals surface area contributed by atoms with Crippen LogP contribution in [0.3, 0.4) is 0 Å². The molecule has 1 amide bonds. The van der Waals surface area contributed by atoms with Crippen LogP contribution in [0.4, 0.5) is 9.18 Å². The minimum atomic E-state index is -2.16. The maximum absolute atomic E-state index is 13.4. The molecule has 1 aromatic rings. The summed E-state index contributed by atoms with van der Waals surface area (Å²) in [5.41, 5.74) is -0.229. The summed E-state index contributed by atoms with van der Waals surface area (Å²) in [4.78, 5) is 15.8. The second-order valence-electron chi connectivity index (χ2n) is 9.57. The van der Waals surface area contributed by atoms with Crippen molar-refractivity contribution in [1.29, 1.82) is 0 Å². The third-order valence-corrected chi connectivity index (χ3v) is 9.27. The highest BCUT2D eigenvalue weighted by molar-refractivity contribution is 6.74. The van der Waals surface area contributed by atoms with Crippen LogP contribution in [-0.4, -0.2) is 42.8 Å². The molecule has 0 aliphatic carbocycles. The Morgan fingerprint density at radius 2 is 1.86 bits per heavy atom. The van der Waals surface area contributed by atoms with Crippen LogP contribution in [0.25, 0.3) is 0 Å². The minimum Gasteiger partial charge on any atom is -0.444 e. The Kier molecular flexibility index (Phi) is 8.17. The van der Waals surface area contributed by atoms with E-state index in [9.17, 15) is 14.3 Å². The molecule has 0 radical (unpaired) electrons. The topological polar surface area (TPSA) is 80.7 Å². The fourth-order valence-corrected chi connectivity index (χ4v) is 3.64. The van der Waals surface area contributed by atoms with Gasteiger partial charge < -0.3 is 19.6 Å². The average Bonchev–Trinajstić information content (AvgIpc) is 2.49. The molecule has 6 nitrogen and oxygen atoms in total. The summed E-state index contributed by atoms with van der Waals surface area (Å²) in [6.07, 6.45) is 0.763. The van der Waals surface area contributed by atoms with Crippen molar-refractivity contribution in [2.24, 2.45) is 0 Å². The molecule has 2 unspecified atom stereocenters. The summed E-state index contributed by atoms with van der Waals surface area (Å²) in [7, 11) is -2.16. The highest BCUT2D eigenvalue weighted by Crippen LogP contribution is 2.38. The molecule has 0 saturated heterocycles. The molecule has 2 atom stereocenters. The molecule has 2 N–H and O–H groups in total. The van der Waals surface area contributed by atoms with Crippen LogP contribution >= 0.6 is 0 Å². The smallest absolute Gasteiger partial charge is 0.407 e. The molecule has 0 aliphatic rings. The molecule has 8 heteroatoms. The predicted molar refractivity (Wildman–Crippen MR) is 110 cm³/mol. The van der Waals surface area contributed by atoms with Crippen molar-refractivity contribution >= 4 is 14.4 Å². The number of ether oxygens (including phenoxy) is 1. The van der Waals surface area contributed by atoms with Gasteiger partial charge in [-0.15, -0.1) is 0 Å². The van der Waals surface area contributed by atoms with Gasteiger partial charge in [-0.25, -0.2) is 9.18 Å². The Morgan fingerprint density at radius 3 is 2.36 bits per heavy atom. The molecule has 160 valence electrons. The summed E-state index contributed by atoms with van der Waals surface area (Å²) >= 11 is 0. The van der Waals surface area contributed by atoms with Gasteiger partial charge in [-0.2, -0.15) is 0 Å². The maximum Gasteiger partial charge on any atom is 0.407 e. The molecule has 0 saturated carbocycles. The first-order chi connectivity index (χ1) is 12.6. The zero-order chi connectivity index (χ0) is 21.8. The predicted octanol–water partition coefficient (Wildman–Crippen LogP) is 4.56. The van der Waals surface area contributed by atoms with Crippen LogP contribution in [0.1, 0.15) is 59.6 Å². The minimum absolute atomic E-state index is 0.0392. The van der Waals surface area contributed by atoms with E-state index in [4.69, 9.17) is 9.16 Å². The molecule has 1 aromatic heterocycles. The molecule has 0 spiro atoms. The van der Waals surface area contributed by atoms with Gasteiger partial charge in [0.1, 0.15) is 11.4 Å². The number of hydrogen-bond acceptors (Lipinski definition) is 5. The van der Waals surface area contributed by atoms with E-state index >= 15 is 0 Å². The van der Waals surface area contributed by atoms with E-state index in [2.05, 4.69) is 44.2 Å². The summed E-state index contributed by atoms with van der Waals surface area (Å²) in [6, 6.07) is 1.25. The summed E-state index contributed by atoms with van der Waals surface area (Å²) in [6.45, 7) is 16.1. The molecular weight excluding hydrogens is 379 g/mol. The lowest BCUT2D eigenvalue weighted by Gasteiger charge is -2.39. The Bertz CT molecular complexity index is 656. The van der Waals surface area contributed by atoms with Gasteiger partial charge in [-0.3, -0.25) is 4.98 Å². The highest BCUT2D eigenvalue weighted by atomic mass is 28.4. The number of amides is 1. The van der Waals surface area contributed by atoms with Crippen molar-refractivity contribution in [2.45, 2.75) is 83.9 Å². The van der Waals surface area contributed by atoms with Crippen LogP contribution < -0.4 is 5.32 Å². The Labute approximate surface area is 169 Å². The van der Waals surface area contributed by atoms with Gasteiger partial charge in [0, 0.05) is 24.7 Å². The van der Waals surface area contributed by atoms with Gasteiger partial charge >= 0.3 is 6.09 Å². The molecule has 0 aromatic carbocycles. The van der Waals surface area contributed by atoms with Crippen molar-refractivity contribution in [1.82, 2.24) is 10.3 Å². The average molecular weight is 415 g/mol. The molecule has 0 aliphatic heterocycles. The van der Waals surface area contributed by atoms with Gasteiger partial charge in [0.05, 0.1) is 18.4 Å². The summed E-state index contributed by atoms with van der Waals surface area (Å²) in [5, 5.41) is 13.2. The first kappa shape index (κ1) is 24.5. The van der Waals surface area contributed by atoms with E-state index < -0.39 is 38.0 Å². The number of rotatable bonds is 7. The highest BCUT2D eigenvalue weighted by Gasteiger charge is 2.39. The first-order valence-corrected chi connectivity index (χ1v) is 12.4. The van der Waals surface area contributed by atoms with E-state index in [1.165, 1.54) is 12.3 Å². The molecule has 0 bridgehead atoms. The normalized spacial score (nSPS) is 15.1. The Morgan fingerprint density at radius 1 is 1.25 bits per heavy atom. The van der Waals surface area contributed by atoms with E-state index in [1.54, 1.807) is 20.8 Å². The molecule has 1 rings (SSSR count). The van der Waals surface area contributed by atoms with Crippen LogP contribution in [0, 0.1) is 5.82 Å². The fraction of sp³-hybridized carbons (Fsp3) is 0.700. The molecule has 1 heterocycles. The second-order valence-corrected chi connectivity index (χ2v) is 14.3. The van der Waals surface area contributed by atoms with E-state index in [-0.39, 0.29) is 18.0 Å². The van der Waals surface area contributed by atoms with Crippen molar-refractivity contribution in [3.8, 4) is 0 Å². The number of nitrogens with one attached hydrogen (secondary N) is 1. The zero-order valence-electron chi connectivity index (χ0n) is 18.3. The van der Waals surface area contributed by atoms with E-state index in [1.807, 2.05) is 0 Å². The van der Waals surface area contributed by atoms with Gasteiger partial charge in [0.15, 0.2) is 8.32 Å². The van der Waals surface area contributed by atoms with Gasteiger partial charge in [-0.1, -0.05) is 20.8 Å². The molecule has 28 heavy (non-hydrogen) atoms. The Hall–Kier alpha value is -1.51. The maximum atomic E-state index is 13.4. The van der Waals surface area contributed by atoms with Crippen LogP contribution in [-0.2, 0) is 9.16 Å². The largest absolute Gasteiger partial charge is 0.444 e. The van der Waals surface area contributed by atoms with Crippen molar-refractivity contribution in [3.63, 3.8) is 0 Å². The third-order valence-electron chi connectivity index (χ3n) is 4.74. The van der Waals surface area contributed by atoms with Crippen molar-refractivity contribution in [2.75, 3.05) is 6.54 Å². The summed E-state index contributed by atoms with van der Waals surface area (Å²) in [5.74, 6) is -0.509. The monoisotopic (exact) mass is 414 g/mol. The molecule has 0 fully saturated rings. The number of aliphatic hydroxyl groups excluding tert-OH is 1. The number of halogens is 1. The van der Waals surface area contributed by atoms with Crippen LogP contribution in [0.2, 0.25) is 18.1 Å². The lowest BCUT2D eigenvalue weighted by molar-refractivity contribution is 0.0453. The van der Waals surface area contributed by atoms with Crippen molar-refractivity contribution < 1.29 is 23.5 Å². The number of carbonyl (C=O) groups is 1. The lowest BCUT2D eigenvalue weighted by atomic mass is 10.1. The fourth-order valence-electron chi connectivity index (χ4n) is 2.27. The number of aliphatic hydroxyl groups is 1. The molecular formula is C20H35FN2O4Si. The zero-order valence-corrected chi connectivity index (χ0v) is 19.3. The number of pyridine rings is 1. The number of hydrogen-bond donors (Lipinski definition) is 2. The SMILES string of the molecule is CC(C)(C)OC(=O)NCC(CC(O)c1cncc(F)c1)O[Si](C)(C)C(C)(C)C. The van der Waals surface area contributed by atoms with Crippen molar-refractivity contribution in [3.05, 3.63) is 29.8 Å². The van der Waals surface area contributed by atoms with Gasteiger partial charge in [0.2, 0.25) is 0 Å². The number of nitrogens with zero attached hydrogens (tertiary/aromatic N) is 1. The van der Waals surface area contributed by atoms with Gasteiger partial charge in [-0.05, 0) is 45.0 Å². The number of carbonyl (C=O) groups excluding carboxylic acids is 1. The number of alkyl carbamates (subject to hydrolysis) is 1.